The van der Waals surface area contributed by atoms with Crippen molar-refractivity contribution in [3.05, 3.63) is 0 Å². The lowest BCUT2D eigenvalue weighted by molar-refractivity contribution is 0.217. The Morgan fingerprint density at radius 3 is 2.22 bits per heavy atom. The first-order valence-corrected chi connectivity index (χ1v) is 7.99. The van der Waals surface area contributed by atoms with Crippen LogP contribution >= 0.6 is 0 Å². The van der Waals surface area contributed by atoms with Crippen LogP contribution in [-0.4, -0.2) is 24.0 Å². The Hall–Kier alpha value is -0.550. The van der Waals surface area contributed by atoms with Gasteiger partial charge in [0.1, 0.15) is 0 Å². The monoisotopic (exact) mass is 250 g/mol. The Balaban J connectivity index is 2.04. The van der Waals surface area contributed by atoms with Crippen LogP contribution in [0, 0.1) is 11.3 Å². The minimum absolute atomic E-state index is 0.639. The van der Waals surface area contributed by atoms with Crippen molar-refractivity contribution in [2.45, 2.75) is 83.6 Å². The molecule has 0 N–H and O–H groups in total. The van der Waals surface area contributed by atoms with Crippen molar-refractivity contribution in [3.8, 4) is 6.07 Å². The first kappa shape index (κ1) is 15.5. The fraction of sp³-hybridized carbons (Fsp3) is 0.938. The van der Waals surface area contributed by atoms with Crippen molar-refractivity contribution in [3.63, 3.8) is 0 Å². The van der Waals surface area contributed by atoms with Gasteiger partial charge in [0.15, 0.2) is 0 Å². The highest BCUT2D eigenvalue weighted by Crippen LogP contribution is 2.23. The lowest BCUT2D eigenvalue weighted by Gasteiger charge is -2.26. The van der Waals surface area contributed by atoms with Crippen LogP contribution in [0.3, 0.4) is 0 Å². The summed E-state index contributed by atoms with van der Waals surface area (Å²) in [5, 5.41) is 8.91. The molecule has 2 heteroatoms. The normalized spacial score (nSPS) is 16.3. The number of unbranched alkanes of at least 4 members (excludes halogenated alkanes) is 6. The van der Waals surface area contributed by atoms with Gasteiger partial charge in [-0.25, -0.2) is 0 Å². The molecule has 0 aromatic carbocycles. The zero-order valence-corrected chi connectivity index (χ0v) is 12.2. The number of nitrogens with zero attached hydrogens (tertiary/aromatic N) is 2. The standard InChI is InChI=1S/C16H30N2/c1-2-3-4-5-6-7-10-14-18(15-13-17)16-11-8-9-12-16/h16H,2-12,14-15H2,1H3. The van der Waals surface area contributed by atoms with Crippen LogP contribution < -0.4 is 0 Å². The summed E-state index contributed by atoms with van der Waals surface area (Å²) in [6, 6.07) is 3.05. The second-order valence-electron chi connectivity index (χ2n) is 5.69. The second kappa shape index (κ2) is 10.4. The molecule has 0 atom stereocenters. The molecule has 0 aliphatic heterocycles. The molecule has 0 aromatic heterocycles. The van der Waals surface area contributed by atoms with E-state index in [1.54, 1.807) is 0 Å². The molecule has 0 heterocycles. The van der Waals surface area contributed by atoms with Crippen LogP contribution in [-0.2, 0) is 0 Å². The second-order valence-corrected chi connectivity index (χ2v) is 5.69. The molecule has 0 radical (unpaired) electrons. The first-order chi connectivity index (χ1) is 8.88. The Morgan fingerprint density at radius 2 is 1.61 bits per heavy atom. The lowest BCUT2D eigenvalue weighted by Crippen LogP contribution is -2.34. The van der Waals surface area contributed by atoms with E-state index < -0.39 is 0 Å². The first-order valence-electron chi connectivity index (χ1n) is 7.99. The van der Waals surface area contributed by atoms with E-state index in [4.69, 9.17) is 5.26 Å². The van der Waals surface area contributed by atoms with Crippen molar-refractivity contribution in [1.29, 1.82) is 5.26 Å². The van der Waals surface area contributed by atoms with E-state index in [2.05, 4.69) is 17.9 Å². The molecule has 2 nitrogen and oxygen atoms in total. The predicted octanol–water partition coefficient (Wildman–Crippen LogP) is 4.51. The summed E-state index contributed by atoms with van der Waals surface area (Å²) in [5.74, 6) is 0. The maximum Gasteiger partial charge on any atom is 0.0868 e. The van der Waals surface area contributed by atoms with Gasteiger partial charge in [0.2, 0.25) is 0 Å². The predicted molar refractivity (Wildman–Crippen MR) is 77.4 cm³/mol. The van der Waals surface area contributed by atoms with Gasteiger partial charge in [0.25, 0.3) is 0 Å². The van der Waals surface area contributed by atoms with Crippen molar-refractivity contribution in [1.82, 2.24) is 4.90 Å². The van der Waals surface area contributed by atoms with Crippen LogP contribution in [0.4, 0.5) is 0 Å². The van der Waals surface area contributed by atoms with Gasteiger partial charge in [0, 0.05) is 6.04 Å². The summed E-state index contributed by atoms with van der Waals surface area (Å²) in [5.41, 5.74) is 0. The van der Waals surface area contributed by atoms with Crippen LogP contribution in [0.15, 0.2) is 0 Å². The van der Waals surface area contributed by atoms with E-state index in [1.165, 1.54) is 70.6 Å². The Labute approximate surface area is 113 Å². The summed E-state index contributed by atoms with van der Waals surface area (Å²) < 4.78 is 0. The van der Waals surface area contributed by atoms with E-state index in [0.717, 1.165) is 6.54 Å². The van der Waals surface area contributed by atoms with Gasteiger partial charge in [-0.15, -0.1) is 0 Å². The molecule has 1 fully saturated rings. The molecule has 18 heavy (non-hydrogen) atoms. The topological polar surface area (TPSA) is 27.0 Å². The highest BCUT2D eigenvalue weighted by molar-refractivity contribution is 4.84. The summed E-state index contributed by atoms with van der Waals surface area (Å²) >= 11 is 0. The molecule has 0 aromatic rings. The molecule has 0 amide bonds. The molecule has 1 rings (SSSR count). The molecule has 0 saturated heterocycles. The van der Waals surface area contributed by atoms with E-state index in [9.17, 15) is 0 Å². The Morgan fingerprint density at radius 1 is 1.00 bits per heavy atom. The van der Waals surface area contributed by atoms with Crippen molar-refractivity contribution < 1.29 is 0 Å². The van der Waals surface area contributed by atoms with Crippen LogP contribution in [0.25, 0.3) is 0 Å². The zero-order valence-electron chi connectivity index (χ0n) is 12.2. The number of nitriles is 1. The van der Waals surface area contributed by atoms with Gasteiger partial charge >= 0.3 is 0 Å². The maximum absolute atomic E-state index is 8.91. The van der Waals surface area contributed by atoms with Gasteiger partial charge in [0.05, 0.1) is 12.6 Å². The molecule has 0 spiro atoms. The van der Waals surface area contributed by atoms with E-state index >= 15 is 0 Å². The van der Waals surface area contributed by atoms with Crippen LogP contribution in [0.1, 0.15) is 77.6 Å². The van der Waals surface area contributed by atoms with Crippen LogP contribution in [0.2, 0.25) is 0 Å². The largest absolute Gasteiger partial charge is 0.288 e. The summed E-state index contributed by atoms with van der Waals surface area (Å²) in [4.78, 5) is 2.43. The SMILES string of the molecule is CCCCCCCCCN(CC#N)C1CCCC1. The number of rotatable bonds is 10. The molecular weight excluding hydrogens is 220 g/mol. The van der Waals surface area contributed by atoms with Crippen molar-refractivity contribution >= 4 is 0 Å². The third-order valence-electron chi connectivity index (χ3n) is 4.16. The molecule has 0 unspecified atom stereocenters. The molecule has 1 saturated carbocycles. The highest BCUT2D eigenvalue weighted by atomic mass is 15.1. The Kier molecular flexibility index (Phi) is 8.94. The van der Waals surface area contributed by atoms with E-state index in [-0.39, 0.29) is 0 Å². The highest BCUT2D eigenvalue weighted by Gasteiger charge is 2.21. The van der Waals surface area contributed by atoms with E-state index in [0.29, 0.717) is 12.6 Å². The van der Waals surface area contributed by atoms with E-state index in [1.807, 2.05) is 0 Å². The quantitative estimate of drug-likeness (QED) is 0.421. The van der Waals surface area contributed by atoms with Gasteiger partial charge in [-0.2, -0.15) is 5.26 Å². The lowest BCUT2D eigenvalue weighted by atomic mass is 10.1. The molecule has 1 aliphatic carbocycles. The van der Waals surface area contributed by atoms with Crippen LogP contribution in [0.5, 0.6) is 0 Å². The van der Waals surface area contributed by atoms with Gasteiger partial charge in [-0.1, -0.05) is 58.3 Å². The smallest absolute Gasteiger partial charge is 0.0868 e. The van der Waals surface area contributed by atoms with Gasteiger partial charge in [-0.05, 0) is 25.8 Å². The fourth-order valence-corrected chi connectivity index (χ4v) is 3.02. The van der Waals surface area contributed by atoms with Crippen molar-refractivity contribution in [2.75, 3.05) is 13.1 Å². The number of hydrogen-bond acceptors (Lipinski definition) is 2. The number of hydrogen-bond donors (Lipinski definition) is 0. The molecule has 104 valence electrons. The zero-order chi connectivity index (χ0) is 13.1. The van der Waals surface area contributed by atoms with Gasteiger partial charge < -0.3 is 0 Å². The molecule has 1 aliphatic rings. The van der Waals surface area contributed by atoms with Gasteiger partial charge in [-0.3, -0.25) is 4.90 Å². The summed E-state index contributed by atoms with van der Waals surface area (Å²) in [6.45, 7) is 4.05. The molecular formula is C16H30N2. The minimum Gasteiger partial charge on any atom is -0.288 e. The fourth-order valence-electron chi connectivity index (χ4n) is 3.02. The average molecular weight is 250 g/mol. The van der Waals surface area contributed by atoms with Crippen molar-refractivity contribution in [2.24, 2.45) is 0 Å². The summed E-state index contributed by atoms with van der Waals surface area (Å²) in [7, 11) is 0. The third kappa shape index (κ3) is 6.40. The maximum atomic E-state index is 8.91. The Bertz CT molecular complexity index is 226. The summed E-state index contributed by atoms with van der Waals surface area (Å²) in [6.07, 6.45) is 14.9. The third-order valence-corrected chi connectivity index (χ3v) is 4.16. The molecule has 0 bridgehead atoms. The average Bonchev–Trinajstić information content (AvgIpc) is 2.90. The minimum atomic E-state index is 0.639.